The van der Waals surface area contributed by atoms with Crippen LogP contribution in [0.5, 0.6) is 0 Å². The van der Waals surface area contributed by atoms with Crippen molar-refractivity contribution in [3.63, 3.8) is 0 Å². The van der Waals surface area contributed by atoms with Crippen LogP contribution >= 0.6 is 11.6 Å². The normalized spacial score (nSPS) is 12.3. The van der Waals surface area contributed by atoms with E-state index in [0.29, 0.717) is 5.02 Å². The summed E-state index contributed by atoms with van der Waals surface area (Å²) in [5.74, 6) is 0. The second-order valence-electron chi connectivity index (χ2n) is 4.78. The van der Waals surface area contributed by atoms with Crippen LogP contribution in [0, 0.1) is 0 Å². The molecule has 0 aliphatic heterocycles. The van der Waals surface area contributed by atoms with Crippen LogP contribution in [0.2, 0.25) is 5.02 Å². The summed E-state index contributed by atoms with van der Waals surface area (Å²) in [5.41, 5.74) is 2.70. The van der Waals surface area contributed by atoms with E-state index in [4.69, 9.17) is 11.6 Å². The van der Waals surface area contributed by atoms with E-state index in [1.54, 1.807) is 6.20 Å². The van der Waals surface area contributed by atoms with Gasteiger partial charge in [-0.2, -0.15) is 0 Å². The predicted octanol–water partition coefficient (Wildman–Crippen LogP) is 4.03. The molecule has 0 aliphatic carbocycles. The van der Waals surface area contributed by atoms with Crippen molar-refractivity contribution in [1.29, 1.82) is 0 Å². The quantitative estimate of drug-likeness (QED) is 0.764. The second kappa shape index (κ2) is 6.12. The highest BCUT2D eigenvalue weighted by atomic mass is 35.5. The van der Waals surface area contributed by atoms with Crippen molar-refractivity contribution in [2.75, 3.05) is 11.9 Å². The summed E-state index contributed by atoms with van der Waals surface area (Å²) < 4.78 is 0. The van der Waals surface area contributed by atoms with Crippen LogP contribution in [0.15, 0.2) is 60.8 Å². The van der Waals surface area contributed by atoms with Crippen molar-refractivity contribution in [3.05, 3.63) is 71.4 Å². The summed E-state index contributed by atoms with van der Waals surface area (Å²) >= 11 is 6.21. The number of hydrogen-bond donors (Lipinski definition) is 2. The number of halogens is 1. The van der Waals surface area contributed by atoms with E-state index < -0.39 is 0 Å². The summed E-state index contributed by atoms with van der Waals surface area (Å²) in [6.45, 7) is -0.0256. The number of aromatic nitrogens is 1. The maximum atomic E-state index is 9.75. The number of pyridine rings is 1. The largest absolute Gasteiger partial charge is 0.394 e. The Labute approximate surface area is 128 Å². The molecule has 106 valence electrons. The van der Waals surface area contributed by atoms with Gasteiger partial charge in [-0.15, -0.1) is 0 Å². The van der Waals surface area contributed by atoms with Gasteiger partial charge in [-0.3, -0.25) is 4.98 Å². The molecule has 0 amide bonds. The summed E-state index contributed by atoms with van der Waals surface area (Å²) in [5, 5.41) is 14.6. The standard InChI is InChI=1S/C17H15ClN2O/c18-15-9-8-14(17-13(15)7-4-10-19-17)16(11-21)20-12-5-2-1-3-6-12/h1-10,16,20-21H,11H2. The number of aliphatic hydroxyl groups excluding tert-OH is 1. The molecular weight excluding hydrogens is 284 g/mol. The SMILES string of the molecule is OCC(Nc1ccccc1)c1ccc(Cl)c2cccnc12. The Bertz CT molecular complexity index is 746. The van der Waals surface area contributed by atoms with E-state index in [1.165, 1.54) is 0 Å². The molecular formula is C17H15ClN2O. The fraction of sp³-hybridized carbons (Fsp3) is 0.118. The Morgan fingerprint density at radius 2 is 1.86 bits per heavy atom. The van der Waals surface area contributed by atoms with Crippen molar-refractivity contribution in [1.82, 2.24) is 4.98 Å². The monoisotopic (exact) mass is 298 g/mol. The van der Waals surface area contributed by atoms with Gasteiger partial charge in [-0.25, -0.2) is 0 Å². The molecule has 2 aromatic carbocycles. The molecule has 1 heterocycles. The average Bonchev–Trinajstić information content (AvgIpc) is 2.55. The number of para-hydroxylation sites is 1. The van der Waals surface area contributed by atoms with E-state index in [1.807, 2.05) is 54.6 Å². The molecule has 1 unspecified atom stereocenters. The second-order valence-corrected chi connectivity index (χ2v) is 5.19. The van der Waals surface area contributed by atoms with Crippen molar-refractivity contribution in [3.8, 4) is 0 Å². The molecule has 0 bridgehead atoms. The van der Waals surface area contributed by atoms with Gasteiger partial charge in [0.15, 0.2) is 0 Å². The van der Waals surface area contributed by atoms with E-state index in [2.05, 4.69) is 10.3 Å². The zero-order chi connectivity index (χ0) is 14.7. The van der Waals surface area contributed by atoms with Crippen molar-refractivity contribution < 1.29 is 5.11 Å². The first-order chi connectivity index (χ1) is 10.3. The number of nitrogens with one attached hydrogen (secondary N) is 1. The van der Waals surface area contributed by atoms with Gasteiger partial charge >= 0.3 is 0 Å². The van der Waals surface area contributed by atoms with Gasteiger partial charge in [0.2, 0.25) is 0 Å². The smallest absolute Gasteiger partial charge is 0.0770 e. The molecule has 3 aromatic rings. The topological polar surface area (TPSA) is 45.1 Å². The van der Waals surface area contributed by atoms with E-state index >= 15 is 0 Å². The van der Waals surface area contributed by atoms with Crippen LogP contribution < -0.4 is 5.32 Å². The number of fused-ring (bicyclic) bond motifs is 1. The van der Waals surface area contributed by atoms with Crippen LogP contribution in [0.3, 0.4) is 0 Å². The highest BCUT2D eigenvalue weighted by molar-refractivity contribution is 6.35. The van der Waals surface area contributed by atoms with Crippen molar-refractivity contribution >= 4 is 28.2 Å². The molecule has 0 radical (unpaired) electrons. The third kappa shape index (κ3) is 2.84. The third-order valence-electron chi connectivity index (χ3n) is 3.42. The van der Waals surface area contributed by atoms with Crippen LogP contribution in [-0.2, 0) is 0 Å². The molecule has 0 aliphatic rings. The van der Waals surface area contributed by atoms with Gasteiger partial charge in [-0.05, 0) is 30.3 Å². The van der Waals surface area contributed by atoms with Gasteiger partial charge in [-0.1, -0.05) is 35.9 Å². The number of rotatable bonds is 4. The molecule has 21 heavy (non-hydrogen) atoms. The highest BCUT2D eigenvalue weighted by Gasteiger charge is 2.15. The lowest BCUT2D eigenvalue weighted by Gasteiger charge is -2.19. The van der Waals surface area contributed by atoms with Gasteiger partial charge in [0.25, 0.3) is 0 Å². The maximum absolute atomic E-state index is 9.75. The zero-order valence-electron chi connectivity index (χ0n) is 11.3. The molecule has 3 rings (SSSR count). The first-order valence-electron chi connectivity index (χ1n) is 6.75. The van der Waals surface area contributed by atoms with Gasteiger partial charge < -0.3 is 10.4 Å². The minimum atomic E-state index is -0.234. The molecule has 0 fully saturated rings. The van der Waals surface area contributed by atoms with Crippen LogP contribution in [0.25, 0.3) is 10.9 Å². The van der Waals surface area contributed by atoms with Crippen molar-refractivity contribution in [2.45, 2.75) is 6.04 Å². The van der Waals surface area contributed by atoms with E-state index in [9.17, 15) is 5.11 Å². The number of aliphatic hydroxyl groups is 1. The van der Waals surface area contributed by atoms with Crippen molar-refractivity contribution in [2.24, 2.45) is 0 Å². The Balaban J connectivity index is 2.03. The molecule has 1 aromatic heterocycles. The maximum Gasteiger partial charge on any atom is 0.0770 e. The Hall–Kier alpha value is -2.10. The van der Waals surface area contributed by atoms with E-state index in [0.717, 1.165) is 22.2 Å². The summed E-state index contributed by atoms with van der Waals surface area (Å²) in [6, 6.07) is 17.1. The minimum absolute atomic E-state index is 0.0256. The Morgan fingerprint density at radius 1 is 1.05 bits per heavy atom. The highest BCUT2D eigenvalue weighted by Crippen LogP contribution is 2.30. The lowest BCUT2D eigenvalue weighted by atomic mass is 10.0. The fourth-order valence-electron chi connectivity index (χ4n) is 2.40. The number of anilines is 1. The van der Waals surface area contributed by atoms with E-state index in [-0.39, 0.29) is 12.6 Å². The lowest BCUT2D eigenvalue weighted by molar-refractivity contribution is 0.277. The summed E-state index contributed by atoms with van der Waals surface area (Å²) in [6.07, 6.45) is 1.74. The van der Waals surface area contributed by atoms with Crippen LogP contribution in [0.1, 0.15) is 11.6 Å². The van der Waals surface area contributed by atoms with Crippen LogP contribution in [-0.4, -0.2) is 16.7 Å². The number of hydrogen-bond acceptors (Lipinski definition) is 3. The first kappa shape index (κ1) is 13.9. The molecule has 0 saturated heterocycles. The predicted molar refractivity (Wildman–Crippen MR) is 86.6 cm³/mol. The minimum Gasteiger partial charge on any atom is -0.394 e. The van der Waals surface area contributed by atoms with Gasteiger partial charge in [0.1, 0.15) is 0 Å². The molecule has 3 nitrogen and oxygen atoms in total. The molecule has 2 N–H and O–H groups in total. The van der Waals surface area contributed by atoms with Gasteiger partial charge in [0.05, 0.1) is 18.2 Å². The number of benzene rings is 2. The summed E-state index contributed by atoms with van der Waals surface area (Å²) in [7, 11) is 0. The number of nitrogens with zero attached hydrogens (tertiary/aromatic N) is 1. The lowest BCUT2D eigenvalue weighted by Crippen LogP contribution is -2.15. The molecule has 0 spiro atoms. The zero-order valence-corrected chi connectivity index (χ0v) is 12.1. The average molecular weight is 299 g/mol. The van der Waals surface area contributed by atoms with Gasteiger partial charge in [0, 0.05) is 27.9 Å². The third-order valence-corrected chi connectivity index (χ3v) is 3.75. The first-order valence-corrected chi connectivity index (χ1v) is 7.13. The van der Waals surface area contributed by atoms with Crippen LogP contribution in [0.4, 0.5) is 5.69 Å². The fourth-order valence-corrected chi connectivity index (χ4v) is 2.61. The summed E-state index contributed by atoms with van der Waals surface area (Å²) in [4.78, 5) is 4.42. The molecule has 4 heteroatoms. The Kier molecular flexibility index (Phi) is 4.04. The molecule has 0 saturated carbocycles. The Morgan fingerprint density at radius 3 is 2.62 bits per heavy atom. The molecule has 1 atom stereocenters.